The van der Waals surface area contributed by atoms with E-state index < -0.39 is 0 Å². The van der Waals surface area contributed by atoms with Gasteiger partial charge in [-0.25, -0.2) is 15.1 Å². The summed E-state index contributed by atoms with van der Waals surface area (Å²) in [7, 11) is 1.86. The van der Waals surface area contributed by atoms with Gasteiger partial charge in [0.05, 0.1) is 34.2 Å². The zero-order valence-electron chi connectivity index (χ0n) is 19.5. The molecule has 1 amide bonds. The highest BCUT2D eigenvalue weighted by Gasteiger charge is 2.16. The number of para-hydroxylation sites is 1. The molecule has 2 N–H and O–H groups in total. The maximum Gasteiger partial charge on any atom is 0.295 e. The van der Waals surface area contributed by atoms with Crippen molar-refractivity contribution in [3.63, 3.8) is 0 Å². The van der Waals surface area contributed by atoms with Gasteiger partial charge in [0.15, 0.2) is 0 Å². The lowest BCUT2D eigenvalue weighted by molar-refractivity contribution is -0.120. The number of hydrazone groups is 1. The third-order valence-corrected chi connectivity index (χ3v) is 6.31. The molecule has 174 valence electrons. The summed E-state index contributed by atoms with van der Waals surface area (Å²) in [5.41, 5.74) is 7.68. The van der Waals surface area contributed by atoms with Crippen LogP contribution in [0.5, 0.6) is 0 Å². The number of carbonyl (C=O) groups excluding carboxylic acids is 1. The molecule has 0 saturated carbocycles. The molecule has 0 aliphatic carbocycles. The third kappa shape index (κ3) is 4.99. The van der Waals surface area contributed by atoms with Gasteiger partial charge in [0.1, 0.15) is 5.69 Å². The van der Waals surface area contributed by atoms with Gasteiger partial charge in [-0.3, -0.25) is 14.3 Å². The molecule has 0 aliphatic heterocycles. The van der Waals surface area contributed by atoms with Crippen molar-refractivity contribution in [2.75, 3.05) is 5.32 Å². The number of nitrogens with zero attached hydrogens (tertiary/aromatic N) is 4. The van der Waals surface area contributed by atoms with Gasteiger partial charge in [0.2, 0.25) is 5.91 Å². The van der Waals surface area contributed by atoms with Gasteiger partial charge in [-0.15, -0.1) is 11.3 Å². The lowest BCUT2D eigenvalue weighted by atomic mass is 10.1. The summed E-state index contributed by atoms with van der Waals surface area (Å²) in [5.74, 6) is -0.211. The van der Waals surface area contributed by atoms with Crippen molar-refractivity contribution >= 4 is 34.3 Å². The number of thiazole rings is 1. The molecule has 0 fully saturated rings. The van der Waals surface area contributed by atoms with Crippen LogP contribution in [0.15, 0.2) is 69.9 Å². The molecule has 0 spiro atoms. The topological polar surface area (TPSA) is 93.3 Å². The summed E-state index contributed by atoms with van der Waals surface area (Å²) < 4.78 is 3.47. The third-order valence-electron chi connectivity index (χ3n) is 5.48. The minimum atomic E-state index is -0.211. The maximum atomic E-state index is 13.1. The van der Waals surface area contributed by atoms with E-state index in [1.807, 2.05) is 92.5 Å². The second kappa shape index (κ2) is 9.88. The van der Waals surface area contributed by atoms with Crippen LogP contribution in [0.3, 0.4) is 0 Å². The highest BCUT2D eigenvalue weighted by molar-refractivity contribution is 7.09. The Labute approximate surface area is 201 Å². The van der Waals surface area contributed by atoms with Crippen LogP contribution < -0.4 is 16.3 Å². The average Bonchev–Trinajstić information content (AvgIpc) is 3.34. The zero-order valence-corrected chi connectivity index (χ0v) is 20.3. The molecule has 0 radical (unpaired) electrons. The Morgan fingerprint density at radius 2 is 1.79 bits per heavy atom. The predicted octanol–water partition coefficient (Wildman–Crippen LogP) is 4.08. The minimum absolute atomic E-state index is 0.119. The van der Waals surface area contributed by atoms with Gasteiger partial charge in [0.25, 0.3) is 5.56 Å². The second-order valence-electron chi connectivity index (χ2n) is 7.91. The lowest BCUT2D eigenvalue weighted by Gasteiger charge is -2.07. The molecule has 0 saturated heterocycles. The van der Waals surface area contributed by atoms with Crippen molar-refractivity contribution in [3.8, 4) is 5.69 Å². The number of benzene rings is 2. The molecule has 2 aromatic carbocycles. The van der Waals surface area contributed by atoms with Crippen molar-refractivity contribution in [1.82, 2.24) is 19.8 Å². The molecular formula is C25H26N6O2S. The largest absolute Gasteiger partial charge is 0.349 e. The Balaban J connectivity index is 1.45. The Morgan fingerprint density at radius 1 is 1.09 bits per heavy atom. The molecule has 8 nitrogen and oxygen atoms in total. The van der Waals surface area contributed by atoms with E-state index in [-0.39, 0.29) is 17.9 Å². The standard InChI is InChI=1S/C25H26N6O2S/c1-16(28-29-23(32)14-21-15-34-18(3)26-21)19-10-12-20(13-11-19)27-24-17(2)30(4)31(25(24)33)22-8-6-5-7-9-22/h5-13,15,27H,14H2,1-4H3,(H,29,32)/b28-16+. The predicted molar refractivity (Wildman–Crippen MR) is 136 cm³/mol. The summed E-state index contributed by atoms with van der Waals surface area (Å²) >= 11 is 1.52. The van der Waals surface area contributed by atoms with E-state index in [2.05, 4.69) is 20.8 Å². The molecule has 4 aromatic rings. The first-order valence-electron chi connectivity index (χ1n) is 10.8. The van der Waals surface area contributed by atoms with E-state index >= 15 is 0 Å². The number of rotatable bonds is 7. The highest BCUT2D eigenvalue weighted by atomic mass is 32.1. The fraction of sp³-hybridized carbons (Fsp3) is 0.200. The number of hydrogen-bond acceptors (Lipinski definition) is 6. The molecule has 4 rings (SSSR count). The van der Waals surface area contributed by atoms with E-state index in [0.717, 1.165) is 33.3 Å². The van der Waals surface area contributed by atoms with Gasteiger partial charge < -0.3 is 5.32 Å². The Bertz CT molecular complexity index is 1400. The molecule has 0 bridgehead atoms. The number of hydrogen-bond donors (Lipinski definition) is 2. The summed E-state index contributed by atoms with van der Waals surface area (Å²) in [6, 6.07) is 17.1. The van der Waals surface area contributed by atoms with Gasteiger partial charge in [-0.1, -0.05) is 30.3 Å². The van der Waals surface area contributed by atoms with E-state index in [1.54, 1.807) is 4.68 Å². The number of aryl methyl sites for hydroxylation is 1. The van der Waals surface area contributed by atoms with Crippen LogP contribution in [0.1, 0.15) is 28.9 Å². The molecule has 0 unspecified atom stereocenters. The number of anilines is 2. The van der Waals surface area contributed by atoms with E-state index in [0.29, 0.717) is 11.4 Å². The lowest BCUT2D eigenvalue weighted by Crippen LogP contribution is -2.21. The molecule has 0 atom stereocenters. The van der Waals surface area contributed by atoms with Crippen LogP contribution in [0.25, 0.3) is 5.69 Å². The van der Waals surface area contributed by atoms with Crippen LogP contribution in [0.2, 0.25) is 0 Å². The quantitative estimate of drug-likeness (QED) is 0.312. The SMILES string of the molecule is C/C(=N\NC(=O)Cc1csc(C)n1)c1ccc(Nc2c(C)n(C)n(-c3ccccc3)c2=O)cc1. The molecule has 2 heterocycles. The van der Waals surface area contributed by atoms with Gasteiger partial charge in [-0.05, 0) is 50.6 Å². The van der Waals surface area contributed by atoms with E-state index in [9.17, 15) is 9.59 Å². The Kier molecular flexibility index (Phi) is 6.74. The Morgan fingerprint density at radius 3 is 2.44 bits per heavy atom. The summed E-state index contributed by atoms with van der Waals surface area (Å²) in [5, 5.41) is 10.3. The van der Waals surface area contributed by atoms with E-state index in [4.69, 9.17) is 0 Å². The fourth-order valence-electron chi connectivity index (χ4n) is 3.56. The molecule has 34 heavy (non-hydrogen) atoms. The van der Waals surface area contributed by atoms with Crippen molar-refractivity contribution in [3.05, 3.63) is 92.3 Å². The molecule has 9 heteroatoms. The molecule has 0 aliphatic rings. The number of nitrogens with one attached hydrogen (secondary N) is 2. The fourth-order valence-corrected chi connectivity index (χ4v) is 4.17. The summed E-state index contributed by atoms with van der Waals surface area (Å²) in [6.07, 6.45) is 0.195. The number of carbonyl (C=O) groups is 1. The van der Waals surface area contributed by atoms with Gasteiger partial charge in [-0.2, -0.15) is 5.10 Å². The van der Waals surface area contributed by atoms with Gasteiger partial charge in [0, 0.05) is 18.1 Å². The molecular weight excluding hydrogens is 448 g/mol. The normalized spacial score (nSPS) is 11.5. The summed E-state index contributed by atoms with van der Waals surface area (Å²) in [6.45, 7) is 5.64. The minimum Gasteiger partial charge on any atom is -0.349 e. The number of aromatic nitrogens is 3. The zero-order chi connectivity index (χ0) is 24.2. The van der Waals surface area contributed by atoms with Crippen LogP contribution in [0, 0.1) is 13.8 Å². The first-order chi connectivity index (χ1) is 16.3. The summed E-state index contributed by atoms with van der Waals surface area (Å²) in [4.78, 5) is 29.5. The average molecular weight is 475 g/mol. The van der Waals surface area contributed by atoms with Crippen molar-refractivity contribution in [2.24, 2.45) is 12.1 Å². The second-order valence-corrected chi connectivity index (χ2v) is 8.97. The van der Waals surface area contributed by atoms with Crippen LogP contribution in [-0.4, -0.2) is 26.0 Å². The van der Waals surface area contributed by atoms with E-state index in [1.165, 1.54) is 11.3 Å². The van der Waals surface area contributed by atoms with Gasteiger partial charge >= 0.3 is 0 Å². The monoisotopic (exact) mass is 474 g/mol. The maximum absolute atomic E-state index is 13.1. The smallest absolute Gasteiger partial charge is 0.295 e. The number of amides is 1. The highest BCUT2D eigenvalue weighted by Crippen LogP contribution is 2.20. The van der Waals surface area contributed by atoms with Crippen LogP contribution in [0.4, 0.5) is 11.4 Å². The first kappa shape index (κ1) is 23.2. The molecule has 2 aromatic heterocycles. The Hall–Kier alpha value is -3.98. The van der Waals surface area contributed by atoms with Crippen molar-refractivity contribution in [1.29, 1.82) is 0 Å². The van der Waals surface area contributed by atoms with Crippen molar-refractivity contribution in [2.45, 2.75) is 27.2 Å². The van der Waals surface area contributed by atoms with Crippen LogP contribution in [-0.2, 0) is 18.3 Å². The van der Waals surface area contributed by atoms with Crippen molar-refractivity contribution < 1.29 is 4.79 Å². The first-order valence-corrected chi connectivity index (χ1v) is 11.7. The van der Waals surface area contributed by atoms with Crippen LogP contribution >= 0.6 is 11.3 Å².